The number of halogens is 1. The maximum Gasteiger partial charge on any atom is 0.239 e. The van der Waals surface area contributed by atoms with E-state index in [1.165, 1.54) is 12.1 Å². The fourth-order valence-electron chi connectivity index (χ4n) is 3.66. The Balaban J connectivity index is 1.64. The first-order valence-electron chi connectivity index (χ1n) is 9.44. The van der Waals surface area contributed by atoms with E-state index < -0.39 is 0 Å². The Hall–Kier alpha value is -2.40. The highest BCUT2D eigenvalue weighted by Gasteiger charge is 2.32. The standard InChI is InChI=1S/C22H28FN3O/c1-24(2)20-7-4-6-18(14-20)15-25(3)22(27)21-8-5-13-26(21)16-17-9-11-19(23)12-10-17/h4,6-7,9-12,14,21H,5,8,13,15-16H2,1-3H3. The van der Waals surface area contributed by atoms with Gasteiger partial charge < -0.3 is 9.80 Å². The van der Waals surface area contributed by atoms with E-state index in [0.717, 1.165) is 36.2 Å². The third-order valence-corrected chi connectivity index (χ3v) is 5.17. The average molecular weight is 369 g/mol. The molecular formula is C22H28FN3O. The SMILES string of the molecule is CN(Cc1cccc(N(C)C)c1)C(=O)C1CCCN1Cc1ccc(F)cc1. The molecule has 1 unspecified atom stereocenters. The van der Waals surface area contributed by atoms with Crippen LogP contribution >= 0.6 is 0 Å². The minimum Gasteiger partial charge on any atom is -0.378 e. The van der Waals surface area contributed by atoms with Crippen LogP contribution in [0.5, 0.6) is 0 Å². The lowest BCUT2D eigenvalue weighted by Crippen LogP contribution is -2.43. The lowest BCUT2D eigenvalue weighted by atomic mass is 10.1. The largest absolute Gasteiger partial charge is 0.378 e. The molecule has 1 aliphatic rings. The Bertz CT molecular complexity index is 775. The summed E-state index contributed by atoms with van der Waals surface area (Å²) in [6, 6.07) is 14.7. The highest BCUT2D eigenvalue weighted by Crippen LogP contribution is 2.23. The van der Waals surface area contributed by atoms with Crippen molar-refractivity contribution in [3.05, 3.63) is 65.5 Å². The van der Waals surface area contributed by atoms with E-state index in [0.29, 0.717) is 13.1 Å². The van der Waals surface area contributed by atoms with Crippen molar-refractivity contribution in [2.75, 3.05) is 32.6 Å². The maximum atomic E-state index is 13.1. The monoisotopic (exact) mass is 369 g/mol. The van der Waals surface area contributed by atoms with Gasteiger partial charge in [-0.25, -0.2) is 4.39 Å². The summed E-state index contributed by atoms with van der Waals surface area (Å²) in [4.78, 5) is 19.1. The number of nitrogens with zero attached hydrogens (tertiary/aromatic N) is 3. The van der Waals surface area contributed by atoms with E-state index in [4.69, 9.17) is 0 Å². The molecule has 2 aromatic carbocycles. The highest BCUT2D eigenvalue weighted by molar-refractivity contribution is 5.82. The summed E-state index contributed by atoms with van der Waals surface area (Å²) >= 11 is 0. The van der Waals surface area contributed by atoms with Crippen LogP contribution in [0.4, 0.5) is 10.1 Å². The lowest BCUT2D eigenvalue weighted by molar-refractivity contribution is -0.135. The molecule has 0 N–H and O–H groups in total. The van der Waals surface area contributed by atoms with E-state index in [1.54, 1.807) is 12.1 Å². The molecule has 0 aliphatic carbocycles. The van der Waals surface area contributed by atoms with Crippen LogP contribution in [0.1, 0.15) is 24.0 Å². The smallest absolute Gasteiger partial charge is 0.239 e. The van der Waals surface area contributed by atoms with Crippen molar-refractivity contribution in [2.45, 2.75) is 32.0 Å². The molecule has 144 valence electrons. The van der Waals surface area contributed by atoms with Crippen molar-refractivity contribution in [1.82, 2.24) is 9.80 Å². The molecular weight excluding hydrogens is 341 g/mol. The van der Waals surface area contributed by atoms with E-state index in [9.17, 15) is 9.18 Å². The van der Waals surface area contributed by atoms with Crippen LogP contribution in [0.2, 0.25) is 0 Å². The number of likely N-dealkylation sites (tertiary alicyclic amines) is 1. The van der Waals surface area contributed by atoms with Crippen LogP contribution in [-0.4, -0.2) is 49.4 Å². The minimum atomic E-state index is -0.229. The number of benzene rings is 2. The molecule has 2 aromatic rings. The summed E-state index contributed by atoms with van der Waals surface area (Å²) in [5.41, 5.74) is 3.30. The normalized spacial score (nSPS) is 17.1. The Morgan fingerprint density at radius 1 is 1.11 bits per heavy atom. The summed E-state index contributed by atoms with van der Waals surface area (Å²) in [6.07, 6.45) is 1.89. The Labute approximate surface area is 161 Å². The summed E-state index contributed by atoms with van der Waals surface area (Å²) in [5.74, 6) is -0.0719. The van der Waals surface area contributed by atoms with Gasteiger partial charge in [0.15, 0.2) is 0 Å². The number of hydrogen-bond acceptors (Lipinski definition) is 3. The van der Waals surface area contributed by atoms with E-state index in [1.807, 2.05) is 32.1 Å². The molecule has 0 aromatic heterocycles. The first-order valence-corrected chi connectivity index (χ1v) is 9.44. The average Bonchev–Trinajstić information content (AvgIpc) is 3.11. The molecule has 0 saturated carbocycles. The minimum absolute atomic E-state index is 0.0999. The van der Waals surface area contributed by atoms with Crippen molar-refractivity contribution in [1.29, 1.82) is 0 Å². The quantitative estimate of drug-likeness (QED) is 0.780. The first-order chi connectivity index (χ1) is 12.9. The van der Waals surface area contributed by atoms with Crippen LogP contribution in [0.25, 0.3) is 0 Å². The molecule has 0 spiro atoms. The van der Waals surface area contributed by atoms with Gasteiger partial charge >= 0.3 is 0 Å². The van der Waals surface area contributed by atoms with Crippen molar-refractivity contribution < 1.29 is 9.18 Å². The Morgan fingerprint density at radius 3 is 2.56 bits per heavy atom. The van der Waals surface area contributed by atoms with Gasteiger partial charge in [-0.2, -0.15) is 0 Å². The fraction of sp³-hybridized carbons (Fsp3) is 0.409. The van der Waals surface area contributed by atoms with Gasteiger partial charge in [0.05, 0.1) is 6.04 Å². The molecule has 3 rings (SSSR count). The third kappa shape index (κ3) is 4.86. The van der Waals surface area contributed by atoms with Gasteiger partial charge in [0.2, 0.25) is 5.91 Å². The molecule has 1 aliphatic heterocycles. The molecule has 1 fully saturated rings. The lowest BCUT2D eigenvalue weighted by Gasteiger charge is -2.28. The second-order valence-corrected chi connectivity index (χ2v) is 7.51. The summed E-state index contributed by atoms with van der Waals surface area (Å²) in [7, 11) is 5.90. The molecule has 5 heteroatoms. The molecule has 0 bridgehead atoms. The van der Waals surface area contributed by atoms with Crippen LogP contribution < -0.4 is 4.90 Å². The van der Waals surface area contributed by atoms with E-state index in [-0.39, 0.29) is 17.8 Å². The molecule has 1 heterocycles. The number of likely N-dealkylation sites (N-methyl/N-ethyl adjacent to an activating group) is 1. The van der Waals surface area contributed by atoms with Crippen LogP contribution in [0.3, 0.4) is 0 Å². The number of carbonyl (C=O) groups excluding carboxylic acids is 1. The zero-order chi connectivity index (χ0) is 19.4. The van der Waals surface area contributed by atoms with Crippen LogP contribution in [-0.2, 0) is 17.9 Å². The second kappa shape index (κ2) is 8.53. The zero-order valence-electron chi connectivity index (χ0n) is 16.4. The van der Waals surface area contributed by atoms with Gasteiger partial charge in [-0.15, -0.1) is 0 Å². The topological polar surface area (TPSA) is 26.8 Å². The predicted octanol–water partition coefficient (Wildman–Crippen LogP) is 3.51. The van der Waals surface area contributed by atoms with E-state index >= 15 is 0 Å². The fourth-order valence-corrected chi connectivity index (χ4v) is 3.66. The van der Waals surface area contributed by atoms with Gasteiger partial charge in [-0.1, -0.05) is 24.3 Å². The molecule has 1 atom stereocenters. The van der Waals surface area contributed by atoms with Crippen molar-refractivity contribution in [2.24, 2.45) is 0 Å². The molecule has 0 radical (unpaired) electrons. The van der Waals surface area contributed by atoms with Crippen LogP contribution in [0, 0.1) is 5.82 Å². The van der Waals surface area contributed by atoms with Crippen LogP contribution in [0.15, 0.2) is 48.5 Å². The maximum absolute atomic E-state index is 13.1. The number of carbonyl (C=O) groups is 1. The van der Waals surface area contributed by atoms with Gasteiger partial charge in [-0.05, 0) is 54.8 Å². The van der Waals surface area contributed by atoms with Gasteiger partial charge in [0.25, 0.3) is 0 Å². The number of amides is 1. The van der Waals surface area contributed by atoms with Crippen molar-refractivity contribution in [3.63, 3.8) is 0 Å². The number of hydrogen-bond donors (Lipinski definition) is 0. The molecule has 4 nitrogen and oxygen atoms in total. The number of rotatable bonds is 6. The molecule has 1 saturated heterocycles. The number of anilines is 1. The van der Waals surface area contributed by atoms with Crippen molar-refractivity contribution >= 4 is 11.6 Å². The van der Waals surface area contributed by atoms with Gasteiger partial charge in [0.1, 0.15) is 5.82 Å². The predicted molar refractivity (Wildman–Crippen MR) is 107 cm³/mol. The van der Waals surface area contributed by atoms with Crippen molar-refractivity contribution in [3.8, 4) is 0 Å². The van der Waals surface area contributed by atoms with Gasteiger partial charge in [-0.3, -0.25) is 9.69 Å². The third-order valence-electron chi connectivity index (χ3n) is 5.17. The molecule has 1 amide bonds. The van der Waals surface area contributed by atoms with Gasteiger partial charge in [0, 0.05) is 39.9 Å². The Kier molecular flexibility index (Phi) is 6.11. The Morgan fingerprint density at radius 2 is 1.85 bits per heavy atom. The first kappa shape index (κ1) is 19.4. The summed E-state index contributed by atoms with van der Waals surface area (Å²) in [5, 5.41) is 0. The van der Waals surface area contributed by atoms with E-state index in [2.05, 4.69) is 28.0 Å². The highest BCUT2D eigenvalue weighted by atomic mass is 19.1. The zero-order valence-corrected chi connectivity index (χ0v) is 16.4. The summed E-state index contributed by atoms with van der Waals surface area (Å²) in [6.45, 7) is 2.18. The molecule has 27 heavy (non-hydrogen) atoms. The summed E-state index contributed by atoms with van der Waals surface area (Å²) < 4.78 is 13.1. The second-order valence-electron chi connectivity index (χ2n) is 7.51.